The Morgan fingerprint density at radius 3 is 2.71 bits per heavy atom. The molecule has 3 heteroatoms. The summed E-state index contributed by atoms with van der Waals surface area (Å²) in [7, 11) is 0. The van der Waals surface area contributed by atoms with Crippen molar-refractivity contribution in [2.75, 3.05) is 18.4 Å². The van der Waals surface area contributed by atoms with Crippen LogP contribution in [0.3, 0.4) is 0 Å². The zero-order valence-corrected chi connectivity index (χ0v) is 9.53. The highest BCUT2D eigenvalue weighted by Gasteiger charge is 2.03. The van der Waals surface area contributed by atoms with Crippen LogP contribution in [0.15, 0.2) is 42.5 Å². The predicted octanol–water partition coefficient (Wildman–Crippen LogP) is 2.69. The van der Waals surface area contributed by atoms with Gasteiger partial charge in [-0.2, -0.15) is 0 Å². The number of aromatic amines is 1. The molecule has 0 saturated heterocycles. The first-order valence-electron chi connectivity index (χ1n) is 5.83. The fourth-order valence-electron chi connectivity index (χ4n) is 2.18. The second-order valence-electron chi connectivity index (χ2n) is 4.15. The summed E-state index contributed by atoms with van der Waals surface area (Å²) in [5.41, 5.74) is 8.93. The number of hydrogen-bond acceptors (Lipinski definition) is 2. The van der Waals surface area contributed by atoms with Crippen molar-refractivity contribution < 1.29 is 0 Å². The van der Waals surface area contributed by atoms with Gasteiger partial charge in [0.25, 0.3) is 0 Å². The summed E-state index contributed by atoms with van der Waals surface area (Å²) in [6.07, 6.45) is 0. The molecule has 0 aliphatic carbocycles. The van der Waals surface area contributed by atoms with Crippen LogP contribution in [0.2, 0.25) is 0 Å². The van der Waals surface area contributed by atoms with E-state index in [0.717, 1.165) is 17.7 Å². The lowest BCUT2D eigenvalue weighted by Gasteiger charge is -2.03. The Kier molecular flexibility index (Phi) is 2.46. The van der Waals surface area contributed by atoms with Gasteiger partial charge in [-0.3, -0.25) is 0 Å². The molecule has 0 unspecified atom stereocenters. The van der Waals surface area contributed by atoms with Gasteiger partial charge in [0.1, 0.15) is 0 Å². The molecule has 3 aromatic rings. The molecule has 1 aromatic heterocycles. The van der Waals surface area contributed by atoms with Gasteiger partial charge in [0.05, 0.1) is 0 Å². The smallest absolute Gasteiger partial charge is 0.0485 e. The van der Waals surface area contributed by atoms with Crippen LogP contribution in [0.1, 0.15) is 0 Å². The van der Waals surface area contributed by atoms with Gasteiger partial charge in [-0.15, -0.1) is 0 Å². The molecular weight excluding hydrogens is 210 g/mol. The molecule has 17 heavy (non-hydrogen) atoms. The maximum Gasteiger partial charge on any atom is 0.0485 e. The number of nitrogens with one attached hydrogen (secondary N) is 2. The number of anilines is 1. The van der Waals surface area contributed by atoms with Crippen LogP contribution < -0.4 is 11.1 Å². The quantitative estimate of drug-likeness (QED) is 0.642. The summed E-state index contributed by atoms with van der Waals surface area (Å²) in [6.45, 7) is 1.44. The molecule has 0 spiro atoms. The van der Waals surface area contributed by atoms with Gasteiger partial charge in [0.2, 0.25) is 0 Å². The number of H-pyrrole nitrogens is 1. The van der Waals surface area contributed by atoms with Crippen LogP contribution in [-0.4, -0.2) is 18.1 Å². The molecule has 1 heterocycles. The molecule has 0 aliphatic rings. The van der Waals surface area contributed by atoms with Crippen LogP contribution >= 0.6 is 0 Å². The monoisotopic (exact) mass is 225 g/mol. The van der Waals surface area contributed by atoms with Gasteiger partial charge >= 0.3 is 0 Å². The van der Waals surface area contributed by atoms with Crippen molar-refractivity contribution in [2.45, 2.75) is 0 Å². The third-order valence-corrected chi connectivity index (χ3v) is 2.98. The maximum atomic E-state index is 5.48. The molecule has 3 rings (SSSR count). The number of aromatic nitrogens is 1. The Morgan fingerprint density at radius 2 is 1.82 bits per heavy atom. The van der Waals surface area contributed by atoms with E-state index in [-0.39, 0.29) is 0 Å². The van der Waals surface area contributed by atoms with Crippen LogP contribution in [0.25, 0.3) is 21.8 Å². The Bertz CT molecular complexity index is 655. The molecule has 0 aliphatic heterocycles. The lowest BCUT2D eigenvalue weighted by molar-refractivity contribution is 1.02. The van der Waals surface area contributed by atoms with Crippen molar-refractivity contribution in [3.63, 3.8) is 0 Å². The van der Waals surface area contributed by atoms with E-state index >= 15 is 0 Å². The predicted molar refractivity (Wildman–Crippen MR) is 73.3 cm³/mol. The van der Waals surface area contributed by atoms with Crippen LogP contribution in [0.5, 0.6) is 0 Å². The molecule has 0 radical (unpaired) electrons. The van der Waals surface area contributed by atoms with Crippen molar-refractivity contribution in [1.29, 1.82) is 0 Å². The minimum atomic E-state index is 0.644. The molecular formula is C14H15N3. The molecule has 4 N–H and O–H groups in total. The molecule has 0 amide bonds. The van der Waals surface area contributed by atoms with Crippen molar-refractivity contribution in [3.05, 3.63) is 42.5 Å². The maximum absolute atomic E-state index is 5.48. The van der Waals surface area contributed by atoms with E-state index in [1.807, 2.05) is 6.07 Å². The standard InChI is InChI=1S/C14H15N3/c15-7-8-16-10-5-6-12-11-3-1-2-4-13(11)17-14(12)9-10/h1-6,9,16-17H,7-8,15H2. The summed E-state index contributed by atoms with van der Waals surface area (Å²) in [5, 5.41) is 5.82. The zero-order chi connectivity index (χ0) is 11.7. The highest BCUT2D eigenvalue weighted by Crippen LogP contribution is 2.27. The molecule has 0 fully saturated rings. The number of nitrogens with two attached hydrogens (primary N) is 1. The van der Waals surface area contributed by atoms with E-state index < -0.39 is 0 Å². The van der Waals surface area contributed by atoms with E-state index in [0.29, 0.717) is 6.54 Å². The van der Waals surface area contributed by atoms with Crippen molar-refractivity contribution in [3.8, 4) is 0 Å². The van der Waals surface area contributed by atoms with Gasteiger partial charge in [-0.05, 0) is 18.2 Å². The number of rotatable bonds is 3. The van der Waals surface area contributed by atoms with Crippen LogP contribution in [-0.2, 0) is 0 Å². The number of benzene rings is 2. The lowest BCUT2D eigenvalue weighted by Crippen LogP contribution is -2.12. The zero-order valence-electron chi connectivity index (χ0n) is 9.53. The third kappa shape index (κ3) is 1.74. The van der Waals surface area contributed by atoms with E-state index in [1.165, 1.54) is 16.3 Å². The SMILES string of the molecule is NCCNc1ccc2c(c1)[nH]c1ccccc12. The summed E-state index contributed by atoms with van der Waals surface area (Å²) < 4.78 is 0. The highest BCUT2D eigenvalue weighted by molar-refractivity contribution is 6.07. The van der Waals surface area contributed by atoms with Gasteiger partial charge < -0.3 is 16.0 Å². The van der Waals surface area contributed by atoms with Gasteiger partial charge in [-0.25, -0.2) is 0 Å². The van der Waals surface area contributed by atoms with Crippen LogP contribution in [0.4, 0.5) is 5.69 Å². The van der Waals surface area contributed by atoms with E-state index in [9.17, 15) is 0 Å². The summed E-state index contributed by atoms with van der Waals surface area (Å²) >= 11 is 0. The summed E-state index contributed by atoms with van der Waals surface area (Å²) in [4.78, 5) is 3.42. The van der Waals surface area contributed by atoms with Crippen molar-refractivity contribution in [1.82, 2.24) is 4.98 Å². The van der Waals surface area contributed by atoms with Crippen molar-refractivity contribution >= 4 is 27.5 Å². The fourth-order valence-corrected chi connectivity index (χ4v) is 2.18. The topological polar surface area (TPSA) is 53.8 Å². The van der Waals surface area contributed by atoms with Gasteiger partial charge in [-0.1, -0.05) is 24.3 Å². The first-order valence-corrected chi connectivity index (χ1v) is 5.83. The Morgan fingerprint density at radius 1 is 1.00 bits per heavy atom. The molecule has 86 valence electrons. The van der Waals surface area contributed by atoms with E-state index in [1.54, 1.807) is 0 Å². The first kappa shape index (κ1) is 10.2. The number of hydrogen-bond donors (Lipinski definition) is 3. The summed E-state index contributed by atoms with van der Waals surface area (Å²) in [5.74, 6) is 0. The molecule has 0 bridgehead atoms. The number of para-hydroxylation sites is 1. The normalized spacial score (nSPS) is 11.1. The van der Waals surface area contributed by atoms with Crippen molar-refractivity contribution in [2.24, 2.45) is 5.73 Å². The van der Waals surface area contributed by atoms with E-state index in [2.05, 4.69) is 46.7 Å². The minimum absolute atomic E-state index is 0.644. The second-order valence-corrected chi connectivity index (χ2v) is 4.15. The molecule has 3 nitrogen and oxygen atoms in total. The third-order valence-electron chi connectivity index (χ3n) is 2.98. The van der Waals surface area contributed by atoms with Gasteiger partial charge in [0, 0.05) is 40.6 Å². The second kappa shape index (κ2) is 4.11. The highest BCUT2D eigenvalue weighted by atomic mass is 14.9. The lowest BCUT2D eigenvalue weighted by atomic mass is 10.1. The molecule has 0 atom stereocenters. The molecule has 2 aromatic carbocycles. The molecule has 0 saturated carbocycles. The summed E-state index contributed by atoms with van der Waals surface area (Å²) in [6, 6.07) is 14.7. The fraction of sp³-hybridized carbons (Fsp3) is 0.143. The number of fused-ring (bicyclic) bond motifs is 3. The van der Waals surface area contributed by atoms with E-state index in [4.69, 9.17) is 5.73 Å². The average Bonchev–Trinajstić information content (AvgIpc) is 2.74. The van der Waals surface area contributed by atoms with Gasteiger partial charge in [0.15, 0.2) is 0 Å². The largest absolute Gasteiger partial charge is 0.384 e. The Hall–Kier alpha value is -2.00. The first-order chi connectivity index (χ1) is 8.38. The van der Waals surface area contributed by atoms with Crippen LogP contribution in [0, 0.1) is 0 Å². The average molecular weight is 225 g/mol. The Balaban J connectivity index is 2.13. The Labute approximate surface area is 99.6 Å². The minimum Gasteiger partial charge on any atom is -0.384 e.